The van der Waals surface area contributed by atoms with Crippen molar-refractivity contribution in [2.75, 3.05) is 0 Å². The quantitative estimate of drug-likeness (QED) is 0.184. The Hall–Kier alpha value is -6.50. The van der Waals surface area contributed by atoms with Crippen molar-refractivity contribution in [3.63, 3.8) is 0 Å². The third kappa shape index (κ3) is 4.77. The molecule has 7 aromatic carbocycles. The van der Waals surface area contributed by atoms with Crippen molar-refractivity contribution in [2.24, 2.45) is 0 Å². The Bertz CT molecular complexity index is 2860. The molecule has 0 radical (unpaired) electrons. The zero-order chi connectivity index (χ0) is 33.0. The molecule has 6 heteroatoms. The number of rotatable bonds is 5. The highest BCUT2D eigenvalue weighted by molar-refractivity contribution is 7.26. The topological polar surface area (TPSA) is 64.7 Å². The van der Waals surface area contributed by atoms with E-state index in [1.807, 2.05) is 84.1 Å². The third-order valence-electron chi connectivity index (χ3n) is 9.19. The maximum atomic E-state index is 6.48. The van der Waals surface area contributed by atoms with Gasteiger partial charge >= 0.3 is 0 Å². The van der Waals surface area contributed by atoms with Crippen molar-refractivity contribution in [3.8, 4) is 56.7 Å². The molecule has 0 bridgehead atoms. The van der Waals surface area contributed by atoms with Gasteiger partial charge in [0.25, 0.3) is 0 Å². The Kier molecular flexibility index (Phi) is 6.60. The Morgan fingerprint density at radius 2 is 1.04 bits per heavy atom. The van der Waals surface area contributed by atoms with Gasteiger partial charge < -0.3 is 4.42 Å². The highest BCUT2D eigenvalue weighted by atomic mass is 32.1. The predicted octanol–water partition coefficient (Wildman–Crippen LogP) is 11.9. The van der Waals surface area contributed by atoms with Crippen LogP contribution in [-0.4, -0.2) is 19.9 Å². The second kappa shape index (κ2) is 11.6. The lowest BCUT2D eigenvalue weighted by Gasteiger charge is -2.11. The monoisotopic (exact) mass is 658 g/mol. The van der Waals surface area contributed by atoms with E-state index in [0.717, 1.165) is 44.1 Å². The SMILES string of the molecule is c1ccc(-c2nc(-c3ccc(-c4cccc5c4sc4ccccc45)cc3)nc(-c3cccc4ccc5nc(-c6ccccc6)oc5c34)n2)cc1. The van der Waals surface area contributed by atoms with Gasteiger partial charge in [-0.3, -0.25) is 0 Å². The lowest BCUT2D eigenvalue weighted by atomic mass is 10.0. The van der Waals surface area contributed by atoms with E-state index in [9.17, 15) is 0 Å². The largest absolute Gasteiger partial charge is 0.435 e. The van der Waals surface area contributed by atoms with Gasteiger partial charge in [0.1, 0.15) is 5.52 Å². The second-order valence-electron chi connectivity index (χ2n) is 12.2. The van der Waals surface area contributed by atoms with Gasteiger partial charge in [0.05, 0.1) is 0 Å². The molecule has 0 aliphatic carbocycles. The fourth-order valence-corrected chi connectivity index (χ4v) is 8.00. The Labute approximate surface area is 291 Å². The zero-order valence-electron chi connectivity index (χ0n) is 26.6. The smallest absolute Gasteiger partial charge is 0.227 e. The van der Waals surface area contributed by atoms with Crippen LogP contribution in [0.4, 0.5) is 0 Å². The van der Waals surface area contributed by atoms with Crippen LogP contribution < -0.4 is 0 Å². The van der Waals surface area contributed by atoms with E-state index in [4.69, 9.17) is 24.4 Å². The number of nitrogens with zero attached hydrogens (tertiary/aromatic N) is 4. The van der Waals surface area contributed by atoms with Crippen LogP contribution in [0, 0.1) is 0 Å². The standard InChI is InChI=1S/C44H26N4OS/c1-3-11-29(12-4-1)41-46-42(30-23-21-27(22-24-30)32-17-10-18-34-33-16-7-8-20-37(33)50-40(32)34)48-43(47-41)35-19-9-15-28-25-26-36-39(38(28)35)49-44(45-36)31-13-5-2-6-14-31/h1-26H. The summed E-state index contributed by atoms with van der Waals surface area (Å²) in [5.41, 5.74) is 7.48. The molecule has 234 valence electrons. The molecule has 0 aliphatic heterocycles. The number of fused-ring (bicyclic) bond motifs is 6. The predicted molar refractivity (Wildman–Crippen MR) is 205 cm³/mol. The Morgan fingerprint density at radius 3 is 1.84 bits per heavy atom. The fraction of sp³-hybridized carbons (Fsp3) is 0. The summed E-state index contributed by atoms with van der Waals surface area (Å²) in [4.78, 5) is 20.0. The average Bonchev–Trinajstić information content (AvgIpc) is 3.81. The summed E-state index contributed by atoms with van der Waals surface area (Å²) >= 11 is 1.84. The number of thiophene rings is 1. The number of benzene rings is 7. The number of aromatic nitrogens is 4. The zero-order valence-corrected chi connectivity index (χ0v) is 27.4. The summed E-state index contributed by atoms with van der Waals surface area (Å²) in [5, 5.41) is 4.52. The van der Waals surface area contributed by atoms with Gasteiger partial charge in [-0.05, 0) is 40.8 Å². The summed E-state index contributed by atoms with van der Waals surface area (Å²) in [6.45, 7) is 0. The Morgan fingerprint density at radius 1 is 0.420 bits per heavy atom. The van der Waals surface area contributed by atoms with Crippen molar-refractivity contribution in [2.45, 2.75) is 0 Å². The van der Waals surface area contributed by atoms with E-state index in [2.05, 4.69) is 84.9 Å². The van der Waals surface area contributed by atoms with Crippen LogP contribution in [0.5, 0.6) is 0 Å². The van der Waals surface area contributed by atoms with E-state index in [1.165, 1.54) is 25.7 Å². The van der Waals surface area contributed by atoms with Crippen LogP contribution >= 0.6 is 11.3 Å². The van der Waals surface area contributed by atoms with Gasteiger partial charge in [0.15, 0.2) is 23.1 Å². The van der Waals surface area contributed by atoms with E-state index in [0.29, 0.717) is 28.9 Å². The molecular formula is C44H26N4OS. The molecule has 0 saturated heterocycles. The van der Waals surface area contributed by atoms with Crippen molar-refractivity contribution in [3.05, 3.63) is 158 Å². The molecule has 50 heavy (non-hydrogen) atoms. The van der Waals surface area contributed by atoms with Gasteiger partial charge in [-0.1, -0.05) is 133 Å². The molecule has 0 saturated carbocycles. The average molecular weight is 659 g/mol. The van der Waals surface area contributed by atoms with Crippen LogP contribution in [0.2, 0.25) is 0 Å². The van der Waals surface area contributed by atoms with Gasteiger partial charge in [-0.2, -0.15) is 0 Å². The molecule has 0 atom stereocenters. The molecule has 5 nitrogen and oxygen atoms in total. The van der Waals surface area contributed by atoms with Crippen LogP contribution in [0.1, 0.15) is 0 Å². The normalized spacial score (nSPS) is 11.6. The lowest BCUT2D eigenvalue weighted by molar-refractivity contribution is 0.623. The minimum Gasteiger partial charge on any atom is -0.435 e. The van der Waals surface area contributed by atoms with Gasteiger partial charge in [0.2, 0.25) is 5.89 Å². The van der Waals surface area contributed by atoms with Crippen LogP contribution in [0.25, 0.3) is 98.8 Å². The number of oxazole rings is 1. The first-order valence-electron chi connectivity index (χ1n) is 16.5. The first-order valence-corrected chi connectivity index (χ1v) is 17.3. The van der Waals surface area contributed by atoms with E-state index in [-0.39, 0.29) is 0 Å². The molecule has 0 unspecified atom stereocenters. The molecule has 0 aliphatic rings. The first-order chi connectivity index (χ1) is 24.8. The molecule has 10 aromatic rings. The van der Waals surface area contributed by atoms with Crippen molar-refractivity contribution < 1.29 is 4.42 Å². The minimum atomic E-state index is 0.573. The van der Waals surface area contributed by atoms with E-state index >= 15 is 0 Å². The maximum absolute atomic E-state index is 6.48. The summed E-state index contributed by atoms with van der Waals surface area (Å²) in [6.07, 6.45) is 0. The molecule has 10 rings (SSSR count). The van der Waals surface area contributed by atoms with Crippen molar-refractivity contribution in [1.29, 1.82) is 0 Å². The molecule has 0 N–H and O–H groups in total. The molecule has 3 aromatic heterocycles. The molecule has 3 heterocycles. The van der Waals surface area contributed by atoms with Crippen molar-refractivity contribution >= 4 is 53.4 Å². The fourth-order valence-electron chi connectivity index (χ4n) is 6.76. The number of hydrogen-bond donors (Lipinski definition) is 0. The van der Waals surface area contributed by atoms with Crippen molar-refractivity contribution in [1.82, 2.24) is 19.9 Å². The highest BCUT2D eigenvalue weighted by Crippen LogP contribution is 2.41. The third-order valence-corrected chi connectivity index (χ3v) is 10.4. The molecule has 0 fully saturated rings. The maximum Gasteiger partial charge on any atom is 0.227 e. The summed E-state index contributed by atoms with van der Waals surface area (Å²) in [7, 11) is 0. The molecular weight excluding hydrogens is 633 g/mol. The molecule has 0 spiro atoms. The van der Waals surface area contributed by atoms with Gasteiger partial charge in [-0.15, -0.1) is 11.3 Å². The van der Waals surface area contributed by atoms with E-state index in [1.54, 1.807) is 0 Å². The first kappa shape index (κ1) is 28.5. The number of hydrogen-bond acceptors (Lipinski definition) is 6. The highest BCUT2D eigenvalue weighted by Gasteiger charge is 2.19. The summed E-state index contributed by atoms with van der Waals surface area (Å²) < 4.78 is 9.07. The van der Waals surface area contributed by atoms with Crippen LogP contribution in [-0.2, 0) is 0 Å². The lowest BCUT2D eigenvalue weighted by Crippen LogP contribution is -2.00. The van der Waals surface area contributed by atoms with Gasteiger partial charge in [0, 0.05) is 47.8 Å². The van der Waals surface area contributed by atoms with Gasteiger partial charge in [-0.25, -0.2) is 19.9 Å². The molecule has 0 amide bonds. The summed E-state index contributed by atoms with van der Waals surface area (Å²) in [5.74, 6) is 2.36. The summed E-state index contributed by atoms with van der Waals surface area (Å²) in [6, 6.07) is 54.0. The van der Waals surface area contributed by atoms with Crippen LogP contribution in [0.15, 0.2) is 162 Å². The van der Waals surface area contributed by atoms with Crippen LogP contribution in [0.3, 0.4) is 0 Å². The van der Waals surface area contributed by atoms with E-state index < -0.39 is 0 Å². The second-order valence-corrected chi connectivity index (χ2v) is 13.3. The minimum absolute atomic E-state index is 0.573. The Balaban J connectivity index is 1.13.